The van der Waals surface area contributed by atoms with Crippen LogP contribution in [0.4, 0.5) is 10.6 Å². The monoisotopic (exact) mass is 290 g/mol. The lowest BCUT2D eigenvalue weighted by Gasteiger charge is -2.23. The summed E-state index contributed by atoms with van der Waals surface area (Å²) >= 11 is 0. The van der Waals surface area contributed by atoms with Crippen molar-refractivity contribution in [3.63, 3.8) is 0 Å². The van der Waals surface area contributed by atoms with Crippen LogP contribution in [0.5, 0.6) is 0 Å². The van der Waals surface area contributed by atoms with E-state index in [-0.39, 0.29) is 17.1 Å². The summed E-state index contributed by atoms with van der Waals surface area (Å²) in [5, 5.41) is 2.71. The van der Waals surface area contributed by atoms with E-state index in [0.717, 1.165) is 19.4 Å². The van der Waals surface area contributed by atoms with Crippen molar-refractivity contribution in [2.24, 2.45) is 11.1 Å². The number of nitrogens with zero attached hydrogens (tertiary/aromatic N) is 2. The number of nitrogens with one attached hydrogen (secondary N) is 1. The van der Waals surface area contributed by atoms with Crippen LogP contribution < -0.4 is 11.1 Å². The van der Waals surface area contributed by atoms with Gasteiger partial charge in [-0.25, -0.2) is 9.78 Å². The van der Waals surface area contributed by atoms with Crippen molar-refractivity contribution in [3.05, 3.63) is 23.9 Å². The van der Waals surface area contributed by atoms with Gasteiger partial charge in [0.25, 0.3) is 5.91 Å². The molecule has 2 fully saturated rings. The lowest BCUT2D eigenvalue weighted by molar-refractivity contribution is 0.0995. The van der Waals surface area contributed by atoms with E-state index in [1.165, 1.54) is 6.07 Å². The molecule has 1 aromatic heterocycles. The Morgan fingerprint density at radius 1 is 1.38 bits per heavy atom. The van der Waals surface area contributed by atoms with Crippen molar-refractivity contribution in [1.29, 1.82) is 0 Å². The Morgan fingerprint density at radius 2 is 2.19 bits per heavy atom. The SMILES string of the molecule is NC(=O)c1cccc(NC(=O)N2CCOCC3(CC3)C2)n1. The molecule has 2 heterocycles. The molecule has 0 unspecified atom stereocenters. The number of aromatic nitrogens is 1. The second kappa shape index (κ2) is 5.33. The summed E-state index contributed by atoms with van der Waals surface area (Å²) in [4.78, 5) is 29.2. The van der Waals surface area contributed by atoms with Gasteiger partial charge in [0.1, 0.15) is 11.5 Å². The molecule has 1 aromatic rings. The van der Waals surface area contributed by atoms with Gasteiger partial charge in [-0.1, -0.05) is 6.07 Å². The highest BCUT2D eigenvalue weighted by Crippen LogP contribution is 2.47. The maximum absolute atomic E-state index is 12.3. The molecule has 1 saturated heterocycles. The Bertz CT molecular complexity index is 571. The van der Waals surface area contributed by atoms with Crippen molar-refractivity contribution >= 4 is 17.8 Å². The fourth-order valence-electron chi connectivity index (χ4n) is 2.48. The predicted octanol–water partition coefficient (Wildman–Crippen LogP) is 0.825. The molecular weight excluding hydrogens is 272 g/mol. The fourth-order valence-corrected chi connectivity index (χ4v) is 2.48. The van der Waals surface area contributed by atoms with Gasteiger partial charge >= 0.3 is 6.03 Å². The fraction of sp³-hybridized carbons (Fsp3) is 0.500. The summed E-state index contributed by atoms with van der Waals surface area (Å²) in [6.45, 7) is 2.54. The van der Waals surface area contributed by atoms with Gasteiger partial charge in [0.05, 0.1) is 13.2 Å². The van der Waals surface area contributed by atoms with Gasteiger partial charge in [-0.2, -0.15) is 0 Å². The van der Waals surface area contributed by atoms with Gasteiger partial charge in [0.15, 0.2) is 0 Å². The Hall–Kier alpha value is -2.15. The number of amides is 3. The number of urea groups is 1. The molecule has 1 saturated carbocycles. The van der Waals surface area contributed by atoms with E-state index in [2.05, 4.69) is 10.3 Å². The number of primary amides is 1. The third-order valence-electron chi connectivity index (χ3n) is 3.92. The maximum atomic E-state index is 12.3. The molecule has 0 atom stereocenters. The van der Waals surface area contributed by atoms with Crippen LogP contribution in [0.2, 0.25) is 0 Å². The Labute approximate surface area is 122 Å². The number of carbonyl (C=O) groups excluding carboxylic acids is 2. The first-order valence-electron chi connectivity index (χ1n) is 6.99. The van der Waals surface area contributed by atoms with Crippen LogP contribution in [-0.4, -0.2) is 48.1 Å². The number of rotatable bonds is 2. The van der Waals surface area contributed by atoms with E-state index in [0.29, 0.717) is 25.5 Å². The number of hydrogen-bond acceptors (Lipinski definition) is 4. The zero-order valence-electron chi connectivity index (χ0n) is 11.7. The van der Waals surface area contributed by atoms with E-state index in [1.54, 1.807) is 17.0 Å². The Morgan fingerprint density at radius 3 is 2.90 bits per heavy atom. The lowest BCUT2D eigenvalue weighted by Crippen LogP contribution is -2.39. The molecule has 1 aliphatic heterocycles. The van der Waals surface area contributed by atoms with Crippen LogP contribution >= 0.6 is 0 Å². The highest BCUT2D eigenvalue weighted by atomic mass is 16.5. The zero-order chi connectivity index (χ0) is 14.9. The van der Waals surface area contributed by atoms with Gasteiger partial charge in [0.2, 0.25) is 0 Å². The maximum Gasteiger partial charge on any atom is 0.323 e. The summed E-state index contributed by atoms with van der Waals surface area (Å²) < 4.78 is 5.55. The minimum Gasteiger partial charge on any atom is -0.379 e. The molecule has 0 bridgehead atoms. The highest BCUT2D eigenvalue weighted by molar-refractivity contribution is 5.92. The number of ether oxygens (including phenoxy) is 1. The van der Waals surface area contributed by atoms with Gasteiger partial charge in [-0.3, -0.25) is 10.1 Å². The molecule has 7 heteroatoms. The molecule has 3 N–H and O–H groups in total. The number of hydrogen-bond donors (Lipinski definition) is 2. The van der Waals surface area contributed by atoms with E-state index in [1.807, 2.05) is 0 Å². The smallest absolute Gasteiger partial charge is 0.323 e. The van der Waals surface area contributed by atoms with Gasteiger partial charge in [0, 0.05) is 18.5 Å². The van der Waals surface area contributed by atoms with Crippen molar-refractivity contribution in [2.75, 3.05) is 31.6 Å². The average Bonchev–Trinajstić information content (AvgIpc) is 3.26. The summed E-state index contributed by atoms with van der Waals surface area (Å²) in [6.07, 6.45) is 2.21. The van der Waals surface area contributed by atoms with E-state index in [9.17, 15) is 9.59 Å². The van der Waals surface area contributed by atoms with Crippen molar-refractivity contribution in [2.45, 2.75) is 12.8 Å². The summed E-state index contributed by atoms with van der Waals surface area (Å²) in [5.74, 6) is -0.294. The summed E-state index contributed by atoms with van der Waals surface area (Å²) in [7, 11) is 0. The number of anilines is 1. The quantitative estimate of drug-likeness (QED) is 0.842. The summed E-state index contributed by atoms with van der Waals surface area (Å²) in [6, 6.07) is 4.56. The minimum atomic E-state index is -0.619. The highest BCUT2D eigenvalue weighted by Gasteiger charge is 2.46. The molecule has 0 aromatic carbocycles. The van der Waals surface area contributed by atoms with Crippen LogP contribution in [0.1, 0.15) is 23.3 Å². The molecule has 2 aliphatic rings. The van der Waals surface area contributed by atoms with Crippen LogP contribution in [0.25, 0.3) is 0 Å². The van der Waals surface area contributed by atoms with Gasteiger partial charge in [-0.15, -0.1) is 0 Å². The third-order valence-corrected chi connectivity index (χ3v) is 3.92. The van der Waals surface area contributed by atoms with Gasteiger partial charge in [-0.05, 0) is 25.0 Å². The second-order valence-electron chi connectivity index (χ2n) is 5.68. The van der Waals surface area contributed by atoms with Gasteiger partial charge < -0.3 is 15.4 Å². The predicted molar refractivity (Wildman–Crippen MR) is 75.8 cm³/mol. The Kier molecular flexibility index (Phi) is 3.50. The van der Waals surface area contributed by atoms with E-state index in [4.69, 9.17) is 10.5 Å². The zero-order valence-corrected chi connectivity index (χ0v) is 11.7. The van der Waals surface area contributed by atoms with Crippen LogP contribution in [0.15, 0.2) is 18.2 Å². The number of carbonyl (C=O) groups is 2. The summed E-state index contributed by atoms with van der Waals surface area (Å²) in [5.41, 5.74) is 5.46. The molecule has 112 valence electrons. The molecule has 1 spiro atoms. The minimum absolute atomic E-state index is 0.130. The first-order valence-corrected chi connectivity index (χ1v) is 6.99. The van der Waals surface area contributed by atoms with Crippen molar-refractivity contribution < 1.29 is 14.3 Å². The molecule has 0 radical (unpaired) electrons. The first-order chi connectivity index (χ1) is 10.1. The Balaban J connectivity index is 1.67. The molecule has 21 heavy (non-hydrogen) atoms. The standard InChI is InChI=1S/C14H18N4O3/c15-12(19)10-2-1-3-11(16-10)17-13(20)18-6-7-21-9-14(8-18)4-5-14/h1-3H,4-9H2,(H2,15,19)(H,16,17,20). The average molecular weight is 290 g/mol. The molecule has 3 rings (SSSR count). The van der Waals surface area contributed by atoms with Crippen molar-refractivity contribution in [3.8, 4) is 0 Å². The van der Waals surface area contributed by atoms with Crippen LogP contribution in [-0.2, 0) is 4.74 Å². The van der Waals surface area contributed by atoms with E-state index >= 15 is 0 Å². The largest absolute Gasteiger partial charge is 0.379 e. The van der Waals surface area contributed by atoms with Crippen molar-refractivity contribution in [1.82, 2.24) is 9.88 Å². The third kappa shape index (κ3) is 3.13. The lowest BCUT2D eigenvalue weighted by atomic mass is 10.1. The number of nitrogens with two attached hydrogens (primary N) is 1. The van der Waals surface area contributed by atoms with E-state index < -0.39 is 5.91 Å². The number of pyridine rings is 1. The topological polar surface area (TPSA) is 97.5 Å². The van der Waals surface area contributed by atoms with Crippen LogP contribution in [0, 0.1) is 5.41 Å². The molecule has 3 amide bonds. The molecule has 1 aliphatic carbocycles. The normalized spacial score (nSPS) is 19.9. The second-order valence-corrected chi connectivity index (χ2v) is 5.68. The van der Waals surface area contributed by atoms with Crippen LogP contribution in [0.3, 0.4) is 0 Å². The molecular formula is C14H18N4O3. The first kappa shape index (κ1) is 13.8. The molecule has 7 nitrogen and oxygen atoms in total.